The van der Waals surface area contributed by atoms with E-state index in [1.807, 2.05) is 0 Å². The van der Waals surface area contributed by atoms with Crippen molar-refractivity contribution in [2.75, 3.05) is 11.5 Å². The largest absolute Gasteiger partial charge is 0.480 e. The second kappa shape index (κ2) is 6.43. The number of carboxylic acids is 1. The van der Waals surface area contributed by atoms with Gasteiger partial charge in [-0.15, -0.1) is 12.3 Å². The van der Waals surface area contributed by atoms with Gasteiger partial charge in [0, 0.05) is 12.5 Å². The van der Waals surface area contributed by atoms with Crippen LogP contribution in [-0.2, 0) is 14.6 Å². The summed E-state index contributed by atoms with van der Waals surface area (Å²) in [5, 5.41) is 13.5. The summed E-state index contributed by atoms with van der Waals surface area (Å²) in [7, 11) is -3.12. The molecule has 106 valence electrons. The zero-order valence-electron chi connectivity index (χ0n) is 10.3. The van der Waals surface area contributed by atoms with E-state index in [9.17, 15) is 18.0 Å². The molecule has 2 amide bonds. The molecule has 1 heterocycles. The molecule has 0 aromatic rings. The van der Waals surface area contributed by atoms with Crippen molar-refractivity contribution in [2.24, 2.45) is 0 Å². The number of aliphatic carboxylic acids is 1. The van der Waals surface area contributed by atoms with Crippen LogP contribution >= 0.6 is 0 Å². The van der Waals surface area contributed by atoms with E-state index in [1.54, 1.807) is 0 Å². The van der Waals surface area contributed by atoms with E-state index in [0.717, 1.165) is 0 Å². The summed E-state index contributed by atoms with van der Waals surface area (Å²) >= 11 is 0. The predicted molar refractivity (Wildman–Crippen MR) is 68.2 cm³/mol. The SMILES string of the molecule is C#CCC(NC(=O)NC1CCCS(=O)(=O)C1)C(=O)O. The summed E-state index contributed by atoms with van der Waals surface area (Å²) in [5.74, 6) is 0.929. The van der Waals surface area contributed by atoms with Crippen LogP contribution in [0.3, 0.4) is 0 Å². The lowest BCUT2D eigenvalue weighted by Crippen LogP contribution is -2.51. The lowest BCUT2D eigenvalue weighted by Gasteiger charge is -2.23. The maximum absolute atomic E-state index is 11.6. The second-order valence-corrected chi connectivity index (χ2v) is 6.60. The molecule has 0 aromatic carbocycles. The van der Waals surface area contributed by atoms with Gasteiger partial charge in [0.15, 0.2) is 9.84 Å². The maximum Gasteiger partial charge on any atom is 0.327 e. The van der Waals surface area contributed by atoms with Crippen LogP contribution in [0.25, 0.3) is 0 Å². The quantitative estimate of drug-likeness (QED) is 0.594. The Bertz CT molecular complexity index is 494. The monoisotopic (exact) mass is 288 g/mol. The Balaban J connectivity index is 2.51. The fourth-order valence-electron chi connectivity index (χ4n) is 1.84. The number of sulfone groups is 1. The van der Waals surface area contributed by atoms with Crippen LogP contribution in [0, 0.1) is 12.3 Å². The summed E-state index contributed by atoms with van der Waals surface area (Å²) in [6.07, 6.45) is 5.91. The average Bonchev–Trinajstić information content (AvgIpc) is 2.26. The number of carboxylic acid groups (broad SMARTS) is 1. The number of urea groups is 1. The third-order valence-corrected chi connectivity index (χ3v) is 4.54. The van der Waals surface area contributed by atoms with Crippen LogP contribution in [0.5, 0.6) is 0 Å². The number of nitrogens with one attached hydrogen (secondary N) is 2. The van der Waals surface area contributed by atoms with E-state index in [0.29, 0.717) is 12.8 Å². The molecule has 0 spiro atoms. The molecule has 0 saturated carbocycles. The van der Waals surface area contributed by atoms with Crippen LogP contribution in [0.2, 0.25) is 0 Å². The Morgan fingerprint density at radius 2 is 2.16 bits per heavy atom. The van der Waals surface area contributed by atoms with Gasteiger partial charge in [-0.3, -0.25) is 0 Å². The van der Waals surface area contributed by atoms with Crippen molar-refractivity contribution < 1.29 is 23.1 Å². The molecule has 1 aliphatic heterocycles. The first-order valence-electron chi connectivity index (χ1n) is 5.78. The third-order valence-electron chi connectivity index (χ3n) is 2.72. The Labute approximate surface area is 111 Å². The average molecular weight is 288 g/mol. The predicted octanol–water partition coefficient (Wildman–Crippen LogP) is -0.661. The Morgan fingerprint density at radius 3 is 2.68 bits per heavy atom. The smallest absolute Gasteiger partial charge is 0.327 e. The van der Waals surface area contributed by atoms with Crippen molar-refractivity contribution in [3.8, 4) is 12.3 Å². The number of rotatable bonds is 4. The molecule has 2 atom stereocenters. The molecular formula is C11H16N2O5S. The highest BCUT2D eigenvalue weighted by atomic mass is 32.2. The number of terminal acetylenes is 1. The van der Waals surface area contributed by atoms with Crippen molar-refractivity contribution in [3.05, 3.63) is 0 Å². The number of amides is 2. The molecule has 19 heavy (non-hydrogen) atoms. The third kappa shape index (κ3) is 5.18. The Hall–Kier alpha value is -1.75. The lowest BCUT2D eigenvalue weighted by molar-refractivity contribution is -0.139. The zero-order chi connectivity index (χ0) is 14.5. The molecule has 0 radical (unpaired) electrons. The molecule has 2 unspecified atom stereocenters. The molecule has 0 aliphatic carbocycles. The van der Waals surface area contributed by atoms with Gasteiger partial charge in [-0.05, 0) is 12.8 Å². The number of hydrogen-bond acceptors (Lipinski definition) is 4. The Morgan fingerprint density at radius 1 is 1.47 bits per heavy atom. The van der Waals surface area contributed by atoms with E-state index in [4.69, 9.17) is 11.5 Å². The molecule has 1 fully saturated rings. The zero-order valence-corrected chi connectivity index (χ0v) is 11.1. The van der Waals surface area contributed by atoms with Gasteiger partial charge in [0.05, 0.1) is 11.5 Å². The highest BCUT2D eigenvalue weighted by molar-refractivity contribution is 7.91. The second-order valence-electron chi connectivity index (χ2n) is 4.37. The van der Waals surface area contributed by atoms with Gasteiger partial charge < -0.3 is 15.7 Å². The van der Waals surface area contributed by atoms with Crippen molar-refractivity contribution in [1.29, 1.82) is 0 Å². The van der Waals surface area contributed by atoms with Gasteiger partial charge >= 0.3 is 12.0 Å². The minimum absolute atomic E-state index is 0.118. The van der Waals surface area contributed by atoms with Crippen LogP contribution in [0.4, 0.5) is 4.79 Å². The molecule has 7 nitrogen and oxygen atoms in total. The summed E-state index contributed by atoms with van der Waals surface area (Å²) in [6.45, 7) is 0. The van der Waals surface area contributed by atoms with Crippen LogP contribution in [0.1, 0.15) is 19.3 Å². The molecule has 8 heteroatoms. The van der Waals surface area contributed by atoms with E-state index in [-0.39, 0.29) is 17.9 Å². The fourth-order valence-corrected chi connectivity index (χ4v) is 3.48. The fraction of sp³-hybridized carbons (Fsp3) is 0.636. The summed E-state index contributed by atoms with van der Waals surface area (Å²) < 4.78 is 22.8. The highest BCUT2D eigenvalue weighted by Gasteiger charge is 2.27. The molecule has 1 rings (SSSR count). The van der Waals surface area contributed by atoms with E-state index in [1.165, 1.54) is 0 Å². The first-order valence-corrected chi connectivity index (χ1v) is 7.60. The van der Waals surface area contributed by atoms with E-state index < -0.39 is 33.9 Å². The summed E-state index contributed by atoms with van der Waals surface area (Å²) in [6, 6.07) is -2.38. The van der Waals surface area contributed by atoms with Gasteiger partial charge in [-0.1, -0.05) is 0 Å². The van der Waals surface area contributed by atoms with Gasteiger partial charge in [0.25, 0.3) is 0 Å². The van der Waals surface area contributed by atoms with Crippen molar-refractivity contribution in [2.45, 2.75) is 31.3 Å². The van der Waals surface area contributed by atoms with E-state index in [2.05, 4.69) is 16.6 Å². The van der Waals surface area contributed by atoms with Crippen LogP contribution in [0.15, 0.2) is 0 Å². The van der Waals surface area contributed by atoms with Crippen molar-refractivity contribution in [3.63, 3.8) is 0 Å². The van der Waals surface area contributed by atoms with Crippen LogP contribution < -0.4 is 10.6 Å². The Kier molecular flexibility index (Phi) is 5.18. The maximum atomic E-state index is 11.6. The molecule has 1 aliphatic rings. The summed E-state index contributed by atoms with van der Waals surface area (Å²) in [5.41, 5.74) is 0. The molecular weight excluding hydrogens is 272 g/mol. The first kappa shape index (κ1) is 15.3. The van der Waals surface area contributed by atoms with E-state index >= 15 is 0 Å². The van der Waals surface area contributed by atoms with Gasteiger partial charge in [-0.2, -0.15) is 0 Å². The lowest BCUT2D eigenvalue weighted by atomic mass is 10.2. The topological polar surface area (TPSA) is 113 Å². The van der Waals surface area contributed by atoms with Gasteiger partial charge in [0.2, 0.25) is 0 Å². The molecule has 3 N–H and O–H groups in total. The molecule has 1 saturated heterocycles. The van der Waals surface area contributed by atoms with Gasteiger partial charge in [-0.25, -0.2) is 18.0 Å². The normalized spacial score (nSPS) is 22.8. The van der Waals surface area contributed by atoms with Crippen molar-refractivity contribution in [1.82, 2.24) is 10.6 Å². The minimum atomic E-state index is -3.12. The number of hydrogen-bond donors (Lipinski definition) is 3. The van der Waals surface area contributed by atoms with Crippen molar-refractivity contribution >= 4 is 21.8 Å². The molecule has 0 bridgehead atoms. The molecule has 0 aromatic heterocycles. The number of carbonyl (C=O) groups is 2. The van der Waals surface area contributed by atoms with Gasteiger partial charge in [0.1, 0.15) is 6.04 Å². The first-order chi connectivity index (χ1) is 8.84. The standard InChI is InChI=1S/C11H16N2O5S/c1-2-4-9(10(14)15)13-11(16)12-8-5-3-6-19(17,18)7-8/h1,8-9H,3-7H2,(H,14,15)(H2,12,13,16). The number of carbonyl (C=O) groups excluding carboxylic acids is 1. The minimum Gasteiger partial charge on any atom is -0.480 e. The summed E-state index contributed by atoms with van der Waals surface area (Å²) in [4.78, 5) is 22.3. The van der Waals surface area contributed by atoms with Crippen LogP contribution in [-0.4, -0.2) is 49.1 Å². The highest BCUT2D eigenvalue weighted by Crippen LogP contribution is 2.11.